The SMILES string of the molecule is C[C@H]1CN(S(=O)(=O)CCNC(=O)Cc2cc3ccccc3[nH]c2=O)C[C@H](C)O1. The Morgan fingerprint density at radius 1 is 1.25 bits per heavy atom. The van der Waals surface area contributed by atoms with Gasteiger partial charge in [0, 0.05) is 30.7 Å². The van der Waals surface area contributed by atoms with E-state index in [0.717, 1.165) is 5.39 Å². The minimum atomic E-state index is -3.48. The van der Waals surface area contributed by atoms with Crippen LogP contribution in [0, 0.1) is 0 Å². The fraction of sp³-hybridized carbons (Fsp3) is 0.474. The molecule has 8 nitrogen and oxygen atoms in total. The minimum absolute atomic E-state index is 0.00717. The standard InChI is InChI=1S/C19H25N3O5S/c1-13-11-22(12-14(2)27-13)28(25,26)8-7-20-18(23)10-16-9-15-5-3-4-6-17(15)21-19(16)24/h3-6,9,13-14H,7-8,10-12H2,1-2H3,(H,20,23)(H,21,24)/t13-,14-/m0/s1. The van der Waals surface area contributed by atoms with Gasteiger partial charge in [-0.25, -0.2) is 8.42 Å². The summed E-state index contributed by atoms with van der Waals surface area (Å²) in [5.41, 5.74) is 0.726. The van der Waals surface area contributed by atoms with Gasteiger partial charge in [-0.1, -0.05) is 18.2 Å². The maximum atomic E-state index is 12.5. The molecule has 0 spiro atoms. The minimum Gasteiger partial charge on any atom is -0.373 e. The van der Waals surface area contributed by atoms with Gasteiger partial charge in [0.2, 0.25) is 15.9 Å². The summed E-state index contributed by atoms with van der Waals surface area (Å²) in [4.78, 5) is 27.0. The second-order valence-corrected chi connectivity index (χ2v) is 9.22. The van der Waals surface area contributed by atoms with E-state index in [-0.39, 0.29) is 42.4 Å². The Labute approximate surface area is 163 Å². The van der Waals surface area contributed by atoms with E-state index in [1.54, 1.807) is 12.1 Å². The number of amides is 1. The molecule has 0 unspecified atom stereocenters. The molecule has 28 heavy (non-hydrogen) atoms. The van der Waals surface area contributed by atoms with Crippen LogP contribution in [0.3, 0.4) is 0 Å². The number of ether oxygens (including phenoxy) is 1. The van der Waals surface area contributed by atoms with E-state index in [1.165, 1.54) is 4.31 Å². The number of fused-ring (bicyclic) bond motifs is 1. The van der Waals surface area contributed by atoms with Crippen LogP contribution in [0.5, 0.6) is 0 Å². The number of benzene rings is 1. The quantitative estimate of drug-likeness (QED) is 0.730. The lowest BCUT2D eigenvalue weighted by Crippen LogP contribution is -2.49. The molecule has 0 saturated carbocycles. The predicted octanol–water partition coefficient (Wildman–Crippen LogP) is 0.626. The number of rotatable bonds is 6. The number of aromatic amines is 1. The number of hydrogen-bond acceptors (Lipinski definition) is 5. The maximum absolute atomic E-state index is 12.5. The number of nitrogens with zero attached hydrogens (tertiary/aromatic N) is 1. The second kappa shape index (κ2) is 8.42. The number of H-pyrrole nitrogens is 1. The van der Waals surface area contributed by atoms with Crippen molar-refractivity contribution in [2.45, 2.75) is 32.5 Å². The van der Waals surface area contributed by atoms with Crippen LogP contribution in [0.15, 0.2) is 35.1 Å². The molecule has 2 heterocycles. The Kier molecular flexibility index (Phi) is 6.17. The number of carbonyl (C=O) groups excluding carboxylic acids is 1. The molecule has 1 aromatic heterocycles. The lowest BCUT2D eigenvalue weighted by atomic mass is 10.1. The monoisotopic (exact) mass is 407 g/mol. The fourth-order valence-corrected chi connectivity index (χ4v) is 4.86. The average molecular weight is 407 g/mol. The normalized spacial score (nSPS) is 20.9. The predicted molar refractivity (Wildman–Crippen MR) is 107 cm³/mol. The number of aromatic nitrogens is 1. The second-order valence-electron chi connectivity index (χ2n) is 7.13. The molecular formula is C19H25N3O5S. The van der Waals surface area contributed by atoms with Gasteiger partial charge in [-0.15, -0.1) is 0 Å². The van der Waals surface area contributed by atoms with Gasteiger partial charge in [0.25, 0.3) is 5.56 Å². The van der Waals surface area contributed by atoms with Gasteiger partial charge >= 0.3 is 0 Å². The molecule has 1 amide bonds. The third-order valence-corrected chi connectivity index (χ3v) is 6.45. The molecule has 0 radical (unpaired) electrons. The molecule has 2 N–H and O–H groups in total. The summed E-state index contributed by atoms with van der Waals surface area (Å²) in [7, 11) is -3.48. The lowest BCUT2D eigenvalue weighted by molar-refractivity contribution is -0.120. The molecule has 1 aliphatic heterocycles. The number of carbonyl (C=O) groups is 1. The van der Waals surface area contributed by atoms with Crippen molar-refractivity contribution < 1.29 is 17.9 Å². The molecule has 0 aliphatic carbocycles. The highest BCUT2D eigenvalue weighted by Gasteiger charge is 2.30. The molecule has 9 heteroatoms. The van der Waals surface area contributed by atoms with Crippen molar-refractivity contribution in [3.8, 4) is 0 Å². The smallest absolute Gasteiger partial charge is 0.252 e. The van der Waals surface area contributed by atoms with Crippen LogP contribution in [0.1, 0.15) is 19.4 Å². The van der Waals surface area contributed by atoms with Crippen molar-refractivity contribution in [3.63, 3.8) is 0 Å². The van der Waals surface area contributed by atoms with Gasteiger partial charge in [0.15, 0.2) is 0 Å². The first-order valence-corrected chi connectivity index (χ1v) is 10.9. The highest BCUT2D eigenvalue weighted by molar-refractivity contribution is 7.89. The highest BCUT2D eigenvalue weighted by Crippen LogP contribution is 2.14. The molecule has 0 bridgehead atoms. The summed E-state index contributed by atoms with van der Waals surface area (Å²) in [6.45, 7) is 4.29. The van der Waals surface area contributed by atoms with E-state index in [9.17, 15) is 18.0 Å². The van der Waals surface area contributed by atoms with E-state index in [0.29, 0.717) is 24.2 Å². The summed E-state index contributed by atoms with van der Waals surface area (Å²) in [5, 5.41) is 3.43. The third-order valence-electron chi connectivity index (χ3n) is 4.64. The number of para-hydroxylation sites is 1. The average Bonchev–Trinajstić information content (AvgIpc) is 2.61. The Balaban J connectivity index is 1.56. The van der Waals surface area contributed by atoms with Crippen molar-refractivity contribution in [2.24, 2.45) is 0 Å². The Bertz CT molecular complexity index is 1010. The summed E-state index contributed by atoms with van der Waals surface area (Å²) >= 11 is 0. The lowest BCUT2D eigenvalue weighted by Gasteiger charge is -2.34. The largest absolute Gasteiger partial charge is 0.373 e. The van der Waals surface area contributed by atoms with Crippen LogP contribution >= 0.6 is 0 Å². The van der Waals surface area contributed by atoms with Crippen LogP contribution < -0.4 is 10.9 Å². The topological polar surface area (TPSA) is 109 Å². The summed E-state index contributed by atoms with van der Waals surface area (Å²) in [5.74, 6) is -0.577. The van der Waals surface area contributed by atoms with E-state index in [2.05, 4.69) is 10.3 Å². The van der Waals surface area contributed by atoms with Crippen molar-refractivity contribution in [2.75, 3.05) is 25.4 Å². The first-order chi connectivity index (χ1) is 13.2. The van der Waals surface area contributed by atoms with E-state index < -0.39 is 10.0 Å². The van der Waals surface area contributed by atoms with Crippen molar-refractivity contribution >= 4 is 26.8 Å². The summed E-state index contributed by atoms with van der Waals surface area (Å²) < 4.78 is 31.9. The van der Waals surface area contributed by atoms with Crippen LogP contribution in [0.4, 0.5) is 0 Å². The first kappa shape index (κ1) is 20.5. The van der Waals surface area contributed by atoms with Gasteiger partial charge in [0.05, 0.1) is 24.4 Å². The summed E-state index contributed by atoms with van der Waals surface area (Å²) in [6.07, 6.45) is -0.424. The van der Waals surface area contributed by atoms with Gasteiger partial charge in [-0.2, -0.15) is 4.31 Å². The van der Waals surface area contributed by atoms with Gasteiger partial charge < -0.3 is 15.0 Å². The van der Waals surface area contributed by atoms with Crippen LogP contribution in [0.25, 0.3) is 10.9 Å². The highest BCUT2D eigenvalue weighted by atomic mass is 32.2. The third kappa shape index (κ3) is 4.98. The molecule has 1 saturated heterocycles. The number of pyridine rings is 1. The Morgan fingerprint density at radius 2 is 1.93 bits per heavy atom. The Morgan fingerprint density at radius 3 is 2.64 bits per heavy atom. The van der Waals surface area contributed by atoms with E-state index in [1.807, 2.05) is 32.0 Å². The Hall–Kier alpha value is -2.23. The zero-order valence-electron chi connectivity index (χ0n) is 16.0. The van der Waals surface area contributed by atoms with Gasteiger partial charge in [-0.3, -0.25) is 9.59 Å². The molecule has 1 aromatic carbocycles. The number of hydrogen-bond donors (Lipinski definition) is 2. The molecule has 1 aliphatic rings. The zero-order chi connectivity index (χ0) is 20.3. The number of nitrogens with one attached hydrogen (secondary N) is 2. The molecule has 2 aromatic rings. The number of morpholine rings is 1. The molecule has 152 valence electrons. The molecule has 1 fully saturated rings. The number of sulfonamides is 1. The van der Waals surface area contributed by atoms with Crippen LogP contribution in [-0.4, -0.2) is 61.2 Å². The maximum Gasteiger partial charge on any atom is 0.252 e. The van der Waals surface area contributed by atoms with Crippen molar-refractivity contribution in [1.82, 2.24) is 14.6 Å². The van der Waals surface area contributed by atoms with Crippen molar-refractivity contribution in [3.05, 3.63) is 46.2 Å². The van der Waals surface area contributed by atoms with Gasteiger partial charge in [-0.05, 0) is 31.4 Å². The van der Waals surface area contributed by atoms with Crippen LogP contribution in [-0.2, 0) is 26.0 Å². The first-order valence-electron chi connectivity index (χ1n) is 9.25. The van der Waals surface area contributed by atoms with Gasteiger partial charge in [0.1, 0.15) is 0 Å². The van der Waals surface area contributed by atoms with E-state index >= 15 is 0 Å². The molecule has 2 atom stereocenters. The summed E-state index contributed by atoms with van der Waals surface area (Å²) in [6, 6.07) is 8.99. The fourth-order valence-electron chi connectivity index (χ4n) is 3.37. The van der Waals surface area contributed by atoms with Crippen LogP contribution in [0.2, 0.25) is 0 Å². The van der Waals surface area contributed by atoms with Crippen molar-refractivity contribution in [1.29, 1.82) is 0 Å². The molecular weight excluding hydrogens is 382 g/mol. The molecule has 3 rings (SSSR count). The zero-order valence-corrected chi connectivity index (χ0v) is 16.8. The van der Waals surface area contributed by atoms with E-state index in [4.69, 9.17) is 4.74 Å².